The molecule has 1 saturated heterocycles. The van der Waals surface area contributed by atoms with E-state index in [0.29, 0.717) is 18.3 Å². The van der Waals surface area contributed by atoms with Crippen LogP contribution in [-0.2, 0) is 4.79 Å². The molecule has 0 spiro atoms. The van der Waals surface area contributed by atoms with E-state index >= 15 is 0 Å². The summed E-state index contributed by atoms with van der Waals surface area (Å²) >= 11 is 0. The van der Waals surface area contributed by atoms with Crippen molar-refractivity contribution < 1.29 is 9.59 Å². The summed E-state index contributed by atoms with van der Waals surface area (Å²) in [5.74, 6) is -0.0792. The van der Waals surface area contributed by atoms with Crippen molar-refractivity contribution in [1.29, 1.82) is 0 Å². The molecular formula is C18H29N5O2. The highest BCUT2D eigenvalue weighted by molar-refractivity contribution is 5.93. The summed E-state index contributed by atoms with van der Waals surface area (Å²) in [6.45, 7) is 2.33. The summed E-state index contributed by atoms with van der Waals surface area (Å²) in [5, 5.41) is 10.8. The minimum absolute atomic E-state index is 0.115. The summed E-state index contributed by atoms with van der Waals surface area (Å²) < 4.78 is 1.89. The first-order chi connectivity index (χ1) is 12.0. The van der Waals surface area contributed by atoms with Crippen LogP contribution in [0.3, 0.4) is 0 Å². The Hall–Kier alpha value is -1.89. The van der Waals surface area contributed by atoms with E-state index in [2.05, 4.69) is 15.7 Å². The summed E-state index contributed by atoms with van der Waals surface area (Å²) in [5.41, 5.74) is -0.0225. The Kier molecular flexibility index (Phi) is 5.42. The first kappa shape index (κ1) is 17.9. The molecule has 1 aliphatic heterocycles. The Morgan fingerprint density at radius 1 is 1.36 bits per heavy atom. The molecule has 2 amide bonds. The van der Waals surface area contributed by atoms with Gasteiger partial charge in [0.05, 0.1) is 11.5 Å². The molecule has 0 aromatic carbocycles. The Bertz CT molecular complexity index is 613. The molecule has 0 radical (unpaired) electrons. The van der Waals surface area contributed by atoms with Crippen LogP contribution in [-0.4, -0.2) is 60.2 Å². The van der Waals surface area contributed by atoms with Gasteiger partial charge in [0.15, 0.2) is 0 Å². The topological polar surface area (TPSA) is 79.3 Å². The van der Waals surface area contributed by atoms with E-state index in [1.807, 2.05) is 10.9 Å². The van der Waals surface area contributed by atoms with E-state index in [-0.39, 0.29) is 11.8 Å². The maximum Gasteiger partial charge on any atom is 0.271 e. The van der Waals surface area contributed by atoms with Crippen molar-refractivity contribution >= 4 is 11.8 Å². The molecule has 25 heavy (non-hydrogen) atoms. The summed E-state index contributed by atoms with van der Waals surface area (Å²) in [4.78, 5) is 26.7. The molecule has 1 atom stereocenters. The van der Waals surface area contributed by atoms with Crippen LogP contribution in [0.15, 0.2) is 12.3 Å². The molecule has 1 aromatic rings. The maximum atomic E-state index is 12.6. The van der Waals surface area contributed by atoms with Gasteiger partial charge in [0, 0.05) is 33.4 Å². The largest absolute Gasteiger partial charge is 0.350 e. The van der Waals surface area contributed by atoms with Crippen molar-refractivity contribution in [3.05, 3.63) is 18.0 Å². The third-order valence-electron chi connectivity index (χ3n) is 5.49. The van der Waals surface area contributed by atoms with E-state index in [1.165, 1.54) is 0 Å². The number of nitrogens with one attached hydrogen (secondary N) is 2. The SMILES string of the molecule is CN(C)C(=O)C1(CNC(=O)c2ccn(C3CCCNC3)n2)CCCC1. The van der Waals surface area contributed by atoms with Gasteiger partial charge in [0.25, 0.3) is 5.91 Å². The molecule has 1 aliphatic carbocycles. The van der Waals surface area contributed by atoms with Crippen molar-refractivity contribution in [3.8, 4) is 0 Å². The van der Waals surface area contributed by atoms with E-state index in [9.17, 15) is 9.59 Å². The number of hydrogen-bond acceptors (Lipinski definition) is 4. The van der Waals surface area contributed by atoms with Gasteiger partial charge in [0.2, 0.25) is 5.91 Å². The second-order valence-electron chi connectivity index (χ2n) is 7.55. The van der Waals surface area contributed by atoms with Gasteiger partial charge < -0.3 is 15.5 Å². The van der Waals surface area contributed by atoms with Gasteiger partial charge in [-0.3, -0.25) is 14.3 Å². The van der Waals surface area contributed by atoms with Gasteiger partial charge in [-0.2, -0.15) is 5.10 Å². The van der Waals surface area contributed by atoms with E-state index in [4.69, 9.17) is 0 Å². The molecule has 138 valence electrons. The Morgan fingerprint density at radius 3 is 2.76 bits per heavy atom. The second kappa shape index (κ2) is 7.56. The third kappa shape index (κ3) is 3.86. The minimum Gasteiger partial charge on any atom is -0.350 e. The van der Waals surface area contributed by atoms with Crippen LogP contribution in [0.25, 0.3) is 0 Å². The molecule has 2 heterocycles. The summed E-state index contributed by atoms with van der Waals surface area (Å²) in [6.07, 6.45) is 7.84. The van der Waals surface area contributed by atoms with E-state index in [0.717, 1.165) is 51.6 Å². The quantitative estimate of drug-likeness (QED) is 0.838. The highest BCUT2D eigenvalue weighted by atomic mass is 16.2. The standard InChI is InChI=1S/C18H29N5O2/c1-22(2)17(25)18(8-3-4-9-18)13-20-16(24)15-7-11-23(21-15)14-6-5-10-19-12-14/h7,11,14,19H,3-6,8-10,12-13H2,1-2H3,(H,20,24). The van der Waals surface area contributed by atoms with E-state index < -0.39 is 5.41 Å². The molecule has 7 nitrogen and oxygen atoms in total. The van der Waals surface area contributed by atoms with Crippen LogP contribution < -0.4 is 10.6 Å². The number of nitrogens with zero attached hydrogens (tertiary/aromatic N) is 3. The van der Waals surface area contributed by atoms with Crippen LogP contribution in [0, 0.1) is 5.41 Å². The Labute approximate surface area is 149 Å². The molecule has 1 unspecified atom stereocenters. The lowest BCUT2D eigenvalue weighted by atomic mass is 9.84. The van der Waals surface area contributed by atoms with Gasteiger partial charge in [-0.05, 0) is 38.3 Å². The van der Waals surface area contributed by atoms with Crippen molar-refractivity contribution in [2.75, 3.05) is 33.7 Å². The second-order valence-corrected chi connectivity index (χ2v) is 7.55. The van der Waals surface area contributed by atoms with Crippen molar-refractivity contribution in [3.63, 3.8) is 0 Å². The van der Waals surface area contributed by atoms with Crippen LogP contribution in [0.4, 0.5) is 0 Å². The number of piperidine rings is 1. The summed E-state index contributed by atoms with van der Waals surface area (Å²) in [7, 11) is 3.56. The average Bonchev–Trinajstić information content (AvgIpc) is 3.30. The predicted molar refractivity (Wildman–Crippen MR) is 95.3 cm³/mol. The number of hydrogen-bond donors (Lipinski definition) is 2. The molecular weight excluding hydrogens is 318 g/mol. The lowest BCUT2D eigenvalue weighted by Crippen LogP contribution is -2.46. The van der Waals surface area contributed by atoms with Crippen LogP contribution >= 0.6 is 0 Å². The molecule has 3 rings (SSSR count). The normalized spacial score (nSPS) is 22.6. The molecule has 2 aliphatic rings. The van der Waals surface area contributed by atoms with Gasteiger partial charge in [-0.1, -0.05) is 12.8 Å². The highest BCUT2D eigenvalue weighted by Crippen LogP contribution is 2.38. The first-order valence-electron chi connectivity index (χ1n) is 9.28. The fourth-order valence-corrected chi connectivity index (χ4v) is 4.05. The number of carbonyl (C=O) groups excluding carboxylic acids is 2. The first-order valence-corrected chi connectivity index (χ1v) is 9.28. The monoisotopic (exact) mass is 347 g/mol. The smallest absolute Gasteiger partial charge is 0.271 e. The number of amides is 2. The molecule has 7 heteroatoms. The molecule has 1 saturated carbocycles. The third-order valence-corrected chi connectivity index (χ3v) is 5.49. The fourth-order valence-electron chi connectivity index (χ4n) is 4.05. The summed E-state index contributed by atoms with van der Waals surface area (Å²) in [6, 6.07) is 2.07. The van der Waals surface area contributed by atoms with Gasteiger partial charge >= 0.3 is 0 Å². The van der Waals surface area contributed by atoms with Crippen LogP contribution in [0.1, 0.15) is 55.1 Å². The van der Waals surface area contributed by atoms with Crippen molar-refractivity contribution in [1.82, 2.24) is 25.3 Å². The van der Waals surface area contributed by atoms with Crippen LogP contribution in [0.5, 0.6) is 0 Å². The molecule has 2 N–H and O–H groups in total. The molecule has 0 bridgehead atoms. The van der Waals surface area contributed by atoms with Gasteiger partial charge in [-0.15, -0.1) is 0 Å². The molecule has 2 fully saturated rings. The van der Waals surface area contributed by atoms with E-state index in [1.54, 1.807) is 25.1 Å². The van der Waals surface area contributed by atoms with Crippen molar-refractivity contribution in [2.45, 2.75) is 44.6 Å². The zero-order valence-corrected chi connectivity index (χ0v) is 15.3. The van der Waals surface area contributed by atoms with Gasteiger partial charge in [-0.25, -0.2) is 0 Å². The lowest BCUT2D eigenvalue weighted by Gasteiger charge is -2.30. The number of rotatable bonds is 5. The lowest BCUT2D eigenvalue weighted by molar-refractivity contribution is -0.138. The fraction of sp³-hybridized carbons (Fsp3) is 0.722. The maximum absolute atomic E-state index is 12.6. The predicted octanol–water partition coefficient (Wildman–Crippen LogP) is 1.19. The van der Waals surface area contributed by atoms with Crippen molar-refractivity contribution in [2.24, 2.45) is 5.41 Å². The Morgan fingerprint density at radius 2 is 2.12 bits per heavy atom. The number of aromatic nitrogens is 2. The minimum atomic E-state index is -0.449. The zero-order valence-electron chi connectivity index (χ0n) is 15.3. The zero-order chi connectivity index (χ0) is 17.9. The number of carbonyl (C=O) groups is 2. The Balaban J connectivity index is 1.62. The highest BCUT2D eigenvalue weighted by Gasteiger charge is 2.42. The molecule has 1 aromatic heterocycles. The van der Waals surface area contributed by atoms with Crippen LogP contribution in [0.2, 0.25) is 0 Å². The average molecular weight is 347 g/mol. The van der Waals surface area contributed by atoms with Gasteiger partial charge in [0.1, 0.15) is 5.69 Å².